The number of imidazole rings is 1. The van der Waals surface area contributed by atoms with Crippen LogP contribution in [0.15, 0.2) is 90.0 Å². The van der Waals surface area contributed by atoms with Crippen molar-refractivity contribution in [2.24, 2.45) is 0 Å². The van der Waals surface area contributed by atoms with Gasteiger partial charge < -0.3 is 29.8 Å². The summed E-state index contributed by atoms with van der Waals surface area (Å²) < 4.78 is 25.6. The predicted octanol–water partition coefficient (Wildman–Crippen LogP) is 3.28. The number of aromatic amines is 1. The van der Waals surface area contributed by atoms with E-state index in [1.54, 1.807) is 14.2 Å². The lowest BCUT2D eigenvalue weighted by molar-refractivity contribution is -0.0848. The summed E-state index contributed by atoms with van der Waals surface area (Å²) in [7, 11) is 3.24. The van der Waals surface area contributed by atoms with E-state index in [0.717, 1.165) is 16.7 Å². The van der Waals surface area contributed by atoms with Gasteiger partial charge in [0.2, 0.25) is 5.95 Å². The number of anilines is 1. The van der Waals surface area contributed by atoms with Crippen LogP contribution in [0.5, 0.6) is 11.5 Å². The number of aliphatic hydroxyl groups excluding tert-OH is 1. The molecule has 0 aliphatic carbocycles. The molecule has 1 aliphatic rings. The highest BCUT2D eigenvalue weighted by atomic mass is 32.1. The Hall–Kier alpha value is -4.36. The number of aliphatic hydroxyl groups is 1. The van der Waals surface area contributed by atoms with E-state index in [1.807, 2.05) is 78.9 Å². The van der Waals surface area contributed by atoms with Crippen LogP contribution in [0.4, 0.5) is 5.95 Å². The first-order valence-corrected chi connectivity index (χ1v) is 14.1. The summed E-state index contributed by atoms with van der Waals surface area (Å²) in [6.07, 6.45) is -1.25. The largest absolute Gasteiger partial charge is 0.497 e. The molecule has 4 atom stereocenters. The van der Waals surface area contributed by atoms with Crippen molar-refractivity contribution in [2.75, 3.05) is 26.6 Å². The number of aromatic nitrogens is 4. The highest BCUT2D eigenvalue weighted by molar-refractivity contribution is 7.81. The minimum Gasteiger partial charge on any atom is -0.497 e. The number of nitrogens with zero attached hydrogens (tertiary/aromatic N) is 3. The van der Waals surface area contributed by atoms with Crippen LogP contribution in [-0.4, -0.2) is 62.9 Å². The topological polar surface area (TPSA) is 147 Å². The standard InChI is InChI=1S/C31H31N5O6S/c1-39-21-12-8-19(9-13-21)31(18-6-4-3-5-7-18,20-10-14-22(40-2)15-11-20)41-16-23-26(43)25(37)29(42-23)36-17-33-24-27(36)34-30(32)35-28(24)38/h3-15,17,23,25-26,29,37,43H,16H2,1-2H3,(H3,32,34,35,38)/t23-,25-,26-,29-/m1/s1. The van der Waals surface area contributed by atoms with Crippen LogP contribution < -0.4 is 20.8 Å². The van der Waals surface area contributed by atoms with Crippen LogP contribution in [0, 0.1) is 0 Å². The molecule has 12 heteroatoms. The average Bonchev–Trinajstić information content (AvgIpc) is 3.58. The summed E-state index contributed by atoms with van der Waals surface area (Å²) in [5.74, 6) is 1.35. The Morgan fingerprint density at radius 3 is 2.14 bits per heavy atom. The van der Waals surface area contributed by atoms with Crippen molar-refractivity contribution in [2.45, 2.75) is 29.3 Å². The lowest BCUT2D eigenvalue weighted by Gasteiger charge is -2.37. The molecule has 0 radical (unpaired) electrons. The van der Waals surface area contributed by atoms with Crippen molar-refractivity contribution in [3.05, 3.63) is 112 Å². The highest BCUT2D eigenvalue weighted by Gasteiger charge is 2.46. The van der Waals surface area contributed by atoms with Crippen molar-refractivity contribution in [1.29, 1.82) is 0 Å². The molecule has 222 valence electrons. The van der Waals surface area contributed by atoms with Crippen LogP contribution in [0.25, 0.3) is 11.2 Å². The third-order valence-corrected chi connectivity index (χ3v) is 8.34. The van der Waals surface area contributed by atoms with Gasteiger partial charge >= 0.3 is 0 Å². The van der Waals surface area contributed by atoms with Crippen LogP contribution in [0.3, 0.4) is 0 Å². The Kier molecular flexibility index (Phi) is 7.84. The summed E-state index contributed by atoms with van der Waals surface area (Å²) in [6.45, 7) is 0.0530. The molecular weight excluding hydrogens is 570 g/mol. The molecule has 6 rings (SSSR count). The van der Waals surface area contributed by atoms with E-state index < -0.39 is 34.8 Å². The van der Waals surface area contributed by atoms with Crippen molar-refractivity contribution in [3.63, 3.8) is 0 Å². The SMILES string of the molecule is COc1ccc(C(OC[C@H]2O[C@@H](n3cnc4c(=O)[nH]c(N)nc43)[C@H](O)[C@@H]2S)(c2ccccc2)c2ccc(OC)cc2)cc1. The molecule has 0 unspecified atom stereocenters. The zero-order valence-electron chi connectivity index (χ0n) is 23.5. The number of nitrogens with two attached hydrogens (primary N) is 1. The number of H-pyrrole nitrogens is 1. The van der Waals surface area contributed by atoms with Crippen LogP contribution in [0.2, 0.25) is 0 Å². The number of methoxy groups -OCH3 is 2. The minimum absolute atomic E-state index is 0.0530. The van der Waals surface area contributed by atoms with Gasteiger partial charge in [-0.3, -0.25) is 14.3 Å². The third-order valence-electron chi connectivity index (χ3n) is 7.70. The fourth-order valence-electron chi connectivity index (χ4n) is 5.51. The van der Waals surface area contributed by atoms with Gasteiger partial charge in [0.05, 0.1) is 38.5 Å². The van der Waals surface area contributed by atoms with Crippen LogP contribution in [-0.2, 0) is 15.1 Å². The number of fused-ring (bicyclic) bond motifs is 1. The number of rotatable bonds is 9. The van der Waals surface area contributed by atoms with Crippen molar-refractivity contribution in [1.82, 2.24) is 19.5 Å². The van der Waals surface area contributed by atoms with Gasteiger partial charge in [-0.15, -0.1) is 0 Å². The Labute approximate surface area is 252 Å². The molecule has 43 heavy (non-hydrogen) atoms. The molecule has 1 fully saturated rings. The Morgan fingerprint density at radius 1 is 0.977 bits per heavy atom. The number of nitrogen functional groups attached to an aromatic ring is 1. The molecular formula is C31H31N5O6S. The molecule has 1 aliphatic heterocycles. The summed E-state index contributed by atoms with van der Waals surface area (Å²) >= 11 is 4.72. The number of benzene rings is 3. The first-order chi connectivity index (χ1) is 20.8. The normalized spacial score (nSPS) is 20.4. The Bertz CT molecular complexity index is 1710. The van der Waals surface area contributed by atoms with E-state index in [1.165, 1.54) is 10.9 Å². The fraction of sp³-hybridized carbons (Fsp3) is 0.258. The Morgan fingerprint density at radius 2 is 1.56 bits per heavy atom. The second kappa shape index (κ2) is 11.7. The minimum atomic E-state index is -1.08. The van der Waals surface area contributed by atoms with E-state index in [4.69, 9.17) is 37.3 Å². The highest BCUT2D eigenvalue weighted by Crippen LogP contribution is 2.43. The lowest BCUT2D eigenvalue weighted by atomic mass is 9.80. The zero-order chi connectivity index (χ0) is 30.1. The first kappa shape index (κ1) is 28.7. The molecule has 0 amide bonds. The third kappa shape index (κ3) is 5.12. The van der Waals surface area contributed by atoms with Gasteiger partial charge in [0.15, 0.2) is 17.4 Å². The molecule has 4 N–H and O–H groups in total. The number of thiol groups is 1. The van der Waals surface area contributed by atoms with Crippen molar-refractivity contribution < 1.29 is 24.1 Å². The zero-order valence-corrected chi connectivity index (χ0v) is 24.3. The summed E-state index contributed by atoms with van der Waals surface area (Å²) in [5.41, 5.74) is 7.09. The summed E-state index contributed by atoms with van der Waals surface area (Å²) in [6, 6.07) is 25.3. The smallest absolute Gasteiger partial charge is 0.280 e. The molecule has 0 bridgehead atoms. The molecule has 5 aromatic rings. The lowest BCUT2D eigenvalue weighted by Crippen LogP contribution is -2.38. The Balaban J connectivity index is 1.39. The van der Waals surface area contributed by atoms with Gasteiger partial charge in [0, 0.05) is 0 Å². The second-order valence-electron chi connectivity index (χ2n) is 10.1. The van der Waals surface area contributed by atoms with Crippen LogP contribution in [0.1, 0.15) is 22.9 Å². The maximum absolute atomic E-state index is 12.3. The number of hydrogen-bond donors (Lipinski definition) is 4. The van der Waals surface area contributed by atoms with Gasteiger partial charge in [-0.25, -0.2) is 4.98 Å². The van der Waals surface area contributed by atoms with Crippen LogP contribution >= 0.6 is 12.6 Å². The molecule has 0 spiro atoms. The fourth-order valence-corrected chi connectivity index (χ4v) is 5.81. The van der Waals surface area contributed by atoms with E-state index in [9.17, 15) is 9.90 Å². The molecule has 2 aromatic heterocycles. The predicted molar refractivity (Wildman–Crippen MR) is 164 cm³/mol. The van der Waals surface area contributed by atoms with E-state index in [0.29, 0.717) is 11.5 Å². The average molecular weight is 602 g/mol. The van der Waals surface area contributed by atoms with Crippen molar-refractivity contribution >= 4 is 29.7 Å². The van der Waals surface area contributed by atoms with E-state index in [2.05, 4.69) is 15.0 Å². The summed E-state index contributed by atoms with van der Waals surface area (Å²) in [5, 5.41) is 10.6. The molecule has 1 saturated heterocycles. The van der Waals surface area contributed by atoms with Crippen molar-refractivity contribution in [3.8, 4) is 11.5 Å². The first-order valence-electron chi connectivity index (χ1n) is 13.6. The van der Waals surface area contributed by atoms with Gasteiger partial charge in [0.1, 0.15) is 23.2 Å². The number of hydrogen-bond acceptors (Lipinski definition) is 10. The van der Waals surface area contributed by atoms with E-state index >= 15 is 0 Å². The molecule has 3 heterocycles. The monoisotopic (exact) mass is 601 g/mol. The maximum Gasteiger partial charge on any atom is 0.280 e. The second-order valence-corrected chi connectivity index (χ2v) is 10.7. The molecule has 3 aromatic carbocycles. The molecule has 11 nitrogen and oxygen atoms in total. The number of nitrogens with one attached hydrogen (secondary N) is 1. The van der Waals surface area contributed by atoms with E-state index in [-0.39, 0.29) is 23.7 Å². The number of ether oxygens (including phenoxy) is 4. The van der Waals surface area contributed by atoms with Gasteiger partial charge in [0.25, 0.3) is 5.56 Å². The molecule has 0 saturated carbocycles. The summed E-state index contributed by atoms with van der Waals surface area (Å²) in [4.78, 5) is 23.1. The maximum atomic E-state index is 12.3. The van der Waals surface area contributed by atoms with Gasteiger partial charge in [-0.2, -0.15) is 17.6 Å². The van der Waals surface area contributed by atoms with Gasteiger partial charge in [-0.1, -0.05) is 54.6 Å². The van der Waals surface area contributed by atoms with Gasteiger partial charge in [-0.05, 0) is 41.0 Å². The quantitative estimate of drug-likeness (QED) is 0.148.